The van der Waals surface area contributed by atoms with E-state index in [9.17, 15) is 18.4 Å². The van der Waals surface area contributed by atoms with Gasteiger partial charge in [0, 0.05) is 17.4 Å². The Morgan fingerprint density at radius 3 is 2.48 bits per heavy atom. The van der Waals surface area contributed by atoms with Crippen LogP contribution in [-0.2, 0) is 16.0 Å². The van der Waals surface area contributed by atoms with E-state index in [2.05, 4.69) is 20.8 Å². The van der Waals surface area contributed by atoms with Crippen LogP contribution in [0.4, 0.5) is 26.2 Å². The molecule has 8 nitrogen and oxygen atoms in total. The topological polar surface area (TPSA) is 106 Å². The number of carbonyl (C=O) groups excluding carboxylic acids is 2. The van der Waals surface area contributed by atoms with Gasteiger partial charge in [-0.15, -0.1) is 5.10 Å². The summed E-state index contributed by atoms with van der Waals surface area (Å²) in [6.07, 6.45) is 2.51. The summed E-state index contributed by atoms with van der Waals surface area (Å²) < 4.78 is 36.6. The summed E-state index contributed by atoms with van der Waals surface area (Å²) in [7, 11) is 0. The molecule has 4 rings (SSSR count). The molecular formula is C23H22F2N4O4. The number of nitrogens with zero attached hydrogens (tertiary/aromatic N) is 2. The summed E-state index contributed by atoms with van der Waals surface area (Å²) in [5.74, 6) is -2.57. The molecule has 1 aromatic heterocycles. The second-order valence-electron chi connectivity index (χ2n) is 7.81. The molecular weight excluding hydrogens is 434 g/mol. The van der Waals surface area contributed by atoms with Gasteiger partial charge in [-0.25, -0.2) is 8.78 Å². The van der Waals surface area contributed by atoms with Crippen LogP contribution >= 0.6 is 0 Å². The second-order valence-corrected chi connectivity index (χ2v) is 7.81. The molecule has 172 valence electrons. The van der Waals surface area contributed by atoms with Crippen molar-refractivity contribution < 1.29 is 27.5 Å². The maximum Gasteiger partial charge on any atom is 0.320 e. The minimum Gasteiger partial charge on any atom is -0.466 e. The monoisotopic (exact) mass is 456 g/mol. The molecule has 3 aromatic rings. The summed E-state index contributed by atoms with van der Waals surface area (Å²) in [5, 5.41) is 12.6. The van der Waals surface area contributed by atoms with Crippen LogP contribution in [0.1, 0.15) is 36.0 Å². The molecule has 1 aliphatic rings. The van der Waals surface area contributed by atoms with Crippen LogP contribution in [0.5, 0.6) is 0 Å². The Morgan fingerprint density at radius 2 is 1.79 bits per heavy atom. The first-order valence-electron chi connectivity index (χ1n) is 10.5. The molecule has 1 saturated carbocycles. The third kappa shape index (κ3) is 5.51. The van der Waals surface area contributed by atoms with Gasteiger partial charge in [-0.1, -0.05) is 17.2 Å². The predicted octanol–water partition coefficient (Wildman–Crippen LogP) is 4.48. The van der Waals surface area contributed by atoms with Gasteiger partial charge in [0.1, 0.15) is 0 Å². The number of anilines is 3. The standard InChI is InChI=1S/C23H22F2N4O4/c1-2-32-22(31)15-10-14(11-15)9-13-3-5-16(6-4-13)26-20(30)21-28-29-23(33-21)27-17-7-8-18(24)19(25)12-17/h3-8,12,14-15H,2,9-11H2,1H3,(H,26,30)(H,27,29). The van der Waals surface area contributed by atoms with Crippen molar-refractivity contribution in [2.45, 2.75) is 26.2 Å². The molecule has 2 N–H and O–H groups in total. The van der Waals surface area contributed by atoms with Gasteiger partial charge in [0.25, 0.3) is 0 Å². The Balaban J connectivity index is 1.27. The molecule has 2 aromatic carbocycles. The summed E-state index contributed by atoms with van der Waals surface area (Å²) in [6, 6.07) is 10.4. The van der Waals surface area contributed by atoms with Crippen LogP contribution in [0.25, 0.3) is 0 Å². The molecule has 0 spiro atoms. The average Bonchev–Trinajstić information content (AvgIpc) is 3.23. The lowest BCUT2D eigenvalue weighted by Crippen LogP contribution is -2.33. The summed E-state index contributed by atoms with van der Waals surface area (Å²) in [6.45, 7) is 2.21. The van der Waals surface area contributed by atoms with Crippen molar-refractivity contribution in [1.29, 1.82) is 0 Å². The first kappa shape index (κ1) is 22.4. The second kappa shape index (κ2) is 9.76. The SMILES string of the molecule is CCOC(=O)C1CC(Cc2ccc(NC(=O)c3nnc(Nc4ccc(F)c(F)c4)o3)cc2)C1. The van der Waals surface area contributed by atoms with Crippen LogP contribution in [0.15, 0.2) is 46.9 Å². The van der Waals surface area contributed by atoms with E-state index in [1.54, 1.807) is 19.1 Å². The number of hydrogen-bond donors (Lipinski definition) is 2. The normalized spacial score (nSPS) is 17.2. The third-order valence-corrected chi connectivity index (χ3v) is 5.38. The summed E-state index contributed by atoms with van der Waals surface area (Å²) in [5.41, 5.74) is 1.85. The van der Waals surface area contributed by atoms with Gasteiger partial charge < -0.3 is 19.8 Å². The van der Waals surface area contributed by atoms with Crippen molar-refractivity contribution in [3.05, 3.63) is 65.6 Å². The van der Waals surface area contributed by atoms with E-state index in [-0.39, 0.29) is 29.5 Å². The lowest BCUT2D eigenvalue weighted by molar-refractivity contribution is -0.152. The van der Waals surface area contributed by atoms with Crippen LogP contribution in [0, 0.1) is 23.5 Å². The van der Waals surface area contributed by atoms with E-state index in [0.29, 0.717) is 18.2 Å². The van der Waals surface area contributed by atoms with E-state index < -0.39 is 17.5 Å². The molecule has 1 amide bonds. The minimum absolute atomic E-state index is 0.00405. The van der Waals surface area contributed by atoms with Gasteiger partial charge in [0.2, 0.25) is 0 Å². The third-order valence-electron chi connectivity index (χ3n) is 5.38. The number of benzene rings is 2. The van der Waals surface area contributed by atoms with Crippen molar-refractivity contribution in [2.75, 3.05) is 17.2 Å². The fraction of sp³-hybridized carbons (Fsp3) is 0.304. The zero-order valence-corrected chi connectivity index (χ0v) is 17.8. The van der Waals surface area contributed by atoms with Gasteiger partial charge in [-0.05, 0) is 61.9 Å². The quantitative estimate of drug-likeness (QED) is 0.482. The molecule has 0 bridgehead atoms. The van der Waals surface area contributed by atoms with Gasteiger partial charge in [0.05, 0.1) is 12.5 Å². The highest BCUT2D eigenvalue weighted by atomic mass is 19.2. The molecule has 10 heteroatoms. The first-order chi connectivity index (χ1) is 15.9. The number of hydrogen-bond acceptors (Lipinski definition) is 7. The van der Waals surface area contributed by atoms with Crippen molar-refractivity contribution in [1.82, 2.24) is 10.2 Å². The molecule has 0 atom stereocenters. The van der Waals surface area contributed by atoms with E-state index in [1.165, 1.54) is 6.07 Å². The zero-order valence-electron chi connectivity index (χ0n) is 17.8. The number of carbonyl (C=O) groups is 2. The maximum atomic E-state index is 13.3. The highest BCUT2D eigenvalue weighted by molar-refractivity contribution is 6.00. The number of ether oxygens (including phenoxy) is 1. The van der Waals surface area contributed by atoms with Crippen LogP contribution in [0.2, 0.25) is 0 Å². The molecule has 0 saturated heterocycles. The molecule has 1 heterocycles. The van der Waals surface area contributed by atoms with E-state index in [1.807, 2.05) is 12.1 Å². The highest BCUT2D eigenvalue weighted by Gasteiger charge is 2.35. The van der Waals surface area contributed by atoms with Gasteiger partial charge in [-0.3, -0.25) is 9.59 Å². The number of esters is 1. The summed E-state index contributed by atoms with van der Waals surface area (Å²) in [4.78, 5) is 24.1. The molecule has 0 radical (unpaired) electrons. The van der Waals surface area contributed by atoms with Crippen molar-refractivity contribution >= 4 is 29.3 Å². The fourth-order valence-corrected chi connectivity index (χ4v) is 3.66. The first-order valence-corrected chi connectivity index (χ1v) is 10.5. The predicted molar refractivity (Wildman–Crippen MR) is 115 cm³/mol. The Kier molecular flexibility index (Phi) is 6.62. The van der Waals surface area contributed by atoms with Gasteiger partial charge in [0.15, 0.2) is 11.6 Å². The van der Waals surface area contributed by atoms with Gasteiger partial charge in [-0.2, -0.15) is 0 Å². The molecule has 33 heavy (non-hydrogen) atoms. The Hall–Kier alpha value is -3.82. The largest absolute Gasteiger partial charge is 0.466 e. The fourth-order valence-electron chi connectivity index (χ4n) is 3.66. The van der Waals surface area contributed by atoms with Crippen LogP contribution < -0.4 is 10.6 Å². The summed E-state index contributed by atoms with van der Waals surface area (Å²) >= 11 is 0. The Morgan fingerprint density at radius 1 is 1.06 bits per heavy atom. The average molecular weight is 456 g/mol. The van der Waals surface area contributed by atoms with Crippen molar-refractivity contribution in [3.8, 4) is 0 Å². The lowest BCUT2D eigenvalue weighted by atomic mass is 9.72. The molecule has 0 unspecified atom stereocenters. The molecule has 1 fully saturated rings. The molecule has 0 aliphatic heterocycles. The van der Waals surface area contributed by atoms with Crippen LogP contribution in [0.3, 0.4) is 0 Å². The Bertz CT molecular complexity index is 1140. The van der Waals surface area contributed by atoms with Gasteiger partial charge >= 0.3 is 23.8 Å². The lowest BCUT2D eigenvalue weighted by Gasteiger charge is -2.33. The maximum absolute atomic E-state index is 13.3. The van der Waals surface area contributed by atoms with Crippen LogP contribution in [-0.4, -0.2) is 28.7 Å². The number of aromatic nitrogens is 2. The number of nitrogens with one attached hydrogen (secondary N) is 2. The van der Waals surface area contributed by atoms with Crippen molar-refractivity contribution in [2.24, 2.45) is 11.8 Å². The number of amides is 1. The van der Waals surface area contributed by atoms with E-state index >= 15 is 0 Å². The molecule has 1 aliphatic carbocycles. The van der Waals surface area contributed by atoms with E-state index in [0.717, 1.165) is 37.0 Å². The van der Waals surface area contributed by atoms with Crippen molar-refractivity contribution in [3.63, 3.8) is 0 Å². The minimum atomic E-state index is -1.03. The van der Waals surface area contributed by atoms with E-state index in [4.69, 9.17) is 9.15 Å². The highest BCUT2D eigenvalue weighted by Crippen LogP contribution is 2.37. The smallest absolute Gasteiger partial charge is 0.320 e. The number of rotatable bonds is 8. The number of halogens is 2. The zero-order chi connectivity index (χ0) is 23.4. The Labute approximate surface area is 188 Å².